The minimum Gasteiger partial charge on any atom is -0.389 e. The minimum atomic E-state index is -4.72. The number of halogens is 1. The quantitative estimate of drug-likeness (QED) is 0.209. The maximum Gasteiger partial charge on any atom is 0.278 e. The van der Waals surface area contributed by atoms with Gasteiger partial charge in [0, 0.05) is 48.2 Å². The second-order valence-electron chi connectivity index (χ2n) is 11.3. The molecule has 10 heteroatoms. The first kappa shape index (κ1) is 27.7. The fourth-order valence-corrected chi connectivity index (χ4v) is 7.83. The molecule has 3 aromatic carbocycles. The number of aliphatic hydroxyl groups is 1. The zero-order valence-corrected chi connectivity index (χ0v) is 24.7. The molecular weight excluding hydrogens is 584 g/mol. The zero-order valence-electron chi connectivity index (χ0n) is 23.1. The highest BCUT2D eigenvalue weighted by atomic mass is 35.5. The van der Waals surface area contributed by atoms with Crippen molar-refractivity contribution in [3.05, 3.63) is 119 Å². The first-order chi connectivity index (χ1) is 20.6. The van der Waals surface area contributed by atoms with Crippen LogP contribution < -0.4 is 0 Å². The van der Waals surface area contributed by atoms with Crippen LogP contribution in [-0.4, -0.2) is 43.0 Å². The zero-order chi connectivity index (χ0) is 30.0. The molecule has 0 aliphatic heterocycles. The molecule has 0 unspecified atom stereocenters. The Labute approximate surface area is 253 Å². The Hall–Kier alpha value is -4.15. The molecule has 216 valence electrons. The van der Waals surface area contributed by atoms with Gasteiger partial charge < -0.3 is 5.11 Å². The highest BCUT2D eigenvalue weighted by Gasteiger charge is 2.64. The van der Waals surface area contributed by atoms with Crippen molar-refractivity contribution in [3.8, 4) is 22.5 Å². The van der Waals surface area contributed by atoms with Crippen molar-refractivity contribution < 1.29 is 18.1 Å². The lowest BCUT2D eigenvalue weighted by molar-refractivity contribution is -0.0674. The first-order valence-corrected chi connectivity index (χ1v) is 15.6. The summed E-state index contributed by atoms with van der Waals surface area (Å²) in [5.74, 6) is 0.0739. The molecule has 0 radical (unpaired) electrons. The third-order valence-corrected chi connectivity index (χ3v) is 10.2. The molecule has 7 rings (SSSR count). The molecule has 6 aromatic rings. The van der Waals surface area contributed by atoms with E-state index in [-0.39, 0.29) is 30.2 Å². The van der Waals surface area contributed by atoms with Crippen LogP contribution in [0.3, 0.4) is 0 Å². The van der Waals surface area contributed by atoms with E-state index in [0.29, 0.717) is 16.8 Å². The van der Waals surface area contributed by atoms with E-state index in [1.807, 2.05) is 91.9 Å². The average molecular weight is 611 g/mol. The largest absolute Gasteiger partial charge is 0.389 e. The average Bonchev–Trinajstić information content (AvgIpc) is 3.37. The number of fused-ring (bicyclic) bond motifs is 2. The molecule has 0 saturated heterocycles. The van der Waals surface area contributed by atoms with E-state index in [4.69, 9.17) is 21.6 Å². The van der Waals surface area contributed by atoms with Crippen molar-refractivity contribution in [2.75, 3.05) is 0 Å². The van der Waals surface area contributed by atoms with Crippen molar-refractivity contribution in [2.24, 2.45) is 0 Å². The van der Waals surface area contributed by atoms with Gasteiger partial charge in [0.1, 0.15) is 11.3 Å². The third kappa shape index (κ3) is 4.60. The standard InChI is InChI=1S/C33H27ClN4O4S/c1-21-7-5-6-10-25(21)18-32(39)19-33(20-32,43(40,41)42)31-37-28(29-30(34)35-15-16-38(29)31)24-12-11-23-13-14-26(36-27(23)17-24)22-8-3-2-4-9-22/h2-17,39H,18-20H2,1H3,(H,40,41,42). The van der Waals surface area contributed by atoms with Gasteiger partial charge >= 0.3 is 0 Å². The Kier molecular flexibility index (Phi) is 6.41. The van der Waals surface area contributed by atoms with E-state index in [9.17, 15) is 18.1 Å². The smallest absolute Gasteiger partial charge is 0.278 e. The molecule has 1 fully saturated rings. The Morgan fingerprint density at radius 2 is 1.65 bits per heavy atom. The van der Waals surface area contributed by atoms with Crippen LogP contribution in [-0.2, 0) is 21.3 Å². The van der Waals surface area contributed by atoms with Crippen LogP contribution in [0.2, 0.25) is 5.15 Å². The van der Waals surface area contributed by atoms with Gasteiger partial charge in [0.25, 0.3) is 10.1 Å². The minimum absolute atomic E-state index is 0.0739. The molecule has 1 saturated carbocycles. The summed E-state index contributed by atoms with van der Waals surface area (Å²) in [6, 6.07) is 27.1. The Morgan fingerprint density at radius 3 is 2.40 bits per heavy atom. The van der Waals surface area contributed by atoms with Crippen molar-refractivity contribution >= 4 is 38.1 Å². The number of hydrogen-bond acceptors (Lipinski definition) is 6. The molecule has 1 aliphatic rings. The normalized spacial score (nSPS) is 20.4. The highest BCUT2D eigenvalue weighted by Crippen LogP contribution is 2.55. The number of aromatic nitrogens is 4. The highest BCUT2D eigenvalue weighted by molar-refractivity contribution is 7.86. The van der Waals surface area contributed by atoms with Crippen molar-refractivity contribution in [3.63, 3.8) is 0 Å². The van der Waals surface area contributed by atoms with Crippen molar-refractivity contribution in [2.45, 2.75) is 36.5 Å². The summed E-state index contributed by atoms with van der Waals surface area (Å²) >= 11 is 6.61. The predicted molar refractivity (Wildman–Crippen MR) is 166 cm³/mol. The van der Waals surface area contributed by atoms with Gasteiger partial charge in [-0.15, -0.1) is 0 Å². The van der Waals surface area contributed by atoms with E-state index in [0.717, 1.165) is 33.3 Å². The van der Waals surface area contributed by atoms with Gasteiger partial charge in [0.15, 0.2) is 9.90 Å². The molecule has 0 spiro atoms. The van der Waals surface area contributed by atoms with Gasteiger partial charge in [0.2, 0.25) is 0 Å². The second-order valence-corrected chi connectivity index (χ2v) is 13.4. The van der Waals surface area contributed by atoms with E-state index >= 15 is 0 Å². The molecule has 2 N–H and O–H groups in total. The lowest BCUT2D eigenvalue weighted by atomic mass is 9.66. The lowest BCUT2D eigenvalue weighted by Gasteiger charge is -2.50. The van der Waals surface area contributed by atoms with Gasteiger partial charge in [-0.25, -0.2) is 15.0 Å². The molecule has 0 amide bonds. The Balaban J connectivity index is 1.35. The van der Waals surface area contributed by atoms with Crippen molar-refractivity contribution in [1.29, 1.82) is 0 Å². The number of rotatable bonds is 6. The van der Waals surface area contributed by atoms with Gasteiger partial charge in [-0.3, -0.25) is 8.95 Å². The molecule has 1 aliphatic carbocycles. The topological polar surface area (TPSA) is 118 Å². The fraction of sp³-hybridized carbons (Fsp3) is 0.182. The third-order valence-electron chi connectivity index (χ3n) is 8.46. The number of hydrogen-bond donors (Lipinski definition) is 2. The van der Waals surface area contributed by atoms with E-state index in [2.05, 4.69) is 4.98 Å². The van der Waals surface area contributed by atoms with Gasteiger partial charge in [-0.2, -0.15) is 8.42 Å². The van der Waals surface area contributed by atoms with E-state index in [1.165, 1.54) is 6.20 Å². The van der Waals surface area contributed by atoms with E-state index < -0.39 is 20.5 Å². The van der Waals surface area contributed by atoms with Gasteiger partial charge in [-0.1, -0.05) is 84.4 Å². The number of benzene rings is 3. The SMILES string of the molecule is Cc1ccccc1CC1(O)CC(c2nc(-c3ccc4ccc(-c5ccccc5)nc4c3)c3c(Cl)nccn23)(S(=O)(=O)O)C1. The van der Waals surface area contributed by atoms with Gasteiger partial charge in [0.05, 0.1) is 22.5 Å². The molecule has 0 bridgehead atoms. The van der Waals surface area contributed by atoms with Crippen molar-refractivity contribution in [1.82, 2.24) is 19.4 Å². The maximum atomic E-state index is 13.1. The Bertz CT molecular complexity index is 2140. The van der Waals surface area contributed by atoms with Gasteiger partial charge in [-0.05, 0) is 30.2 Å². The maximum absolute atomic E-state index is 13.1. The van der Waals surface area contributed by atoms with Crippen LogP contribution in [0, 0.1) is 6.92 Å². The number of aryl methyl sites for hydroxylation is 1. The first-order valence-electron chi connectivity index (χ1n) is 13.8. The van der Waals surface area contributed by atoms with Crippen LogP contribution in [0.15, 0.2) is 97.3 Å². The van der Waals surface area contributed by atoms with Crippen LogP contribution >= 0.6 is 11.6 Å². The summed E-state index contributed by atoms with van der Waals surface area (Å²) in [5, 5.41) is 12.5. The molecule has 8 nitrogen and oxygen atoms in total. The van der Waals surface area contributed by atoms with Crippen LogP contribution in [0.1, 0.15) is 29.8 Å². The summed E-state index contributed by atoms with van der Waals surface area (Å²) in [6.07, 6.45) is 2.81. The number of pyridine rings is 1. The molecule has 0 atom stereocenters. The number of nitrogens with zero attached hydrogens (tertiary/aromatic N) is 4. The van der Waals surface area contributed by atoms with Crippen LogP contribution in [0.25, 0.3) is 38.9 Å². The molecule has 3 heterocycles. The second kappa shape index (κ2) is 9.96. The number of imidazole rings is 1. The van der Waals surface area contributed by atoms with Crippen LogP contribution in [0.5, 0.6) is 0 Å². The summed E-state index contributed by atoms with van der Waals surface area (Å²) in [7, 11) is -4.72. The lowest BCUT2D eigenvalue weighted by Crippen LogP contribution is -2.60. The monoisotopic (exact) mass is 610 g/mol. The molecule has 43 heavy (non-hydrogen) atoms. The predicted octanol–water partition coefficient (Wildman–Crippen LogP) is 6.42. The van der Waals surface area contributed by atoms with E-state index in [1.54, 1.807) is 10.6 Å². The summed E-state index contributed by atoms with van der Waals surface area (Å²) in [6.45, 7) is 1.94. The Morgan fingerprint density at radius 1 is 0.930 bits per heavy atom. The molecular formula is C33H27ClN4O4S. The van der Waals surface area contributed by atoms with Crippen LogP contribution in [0.4, 0.5) is 0 Å². The summed E-state index contributed by atoms with van der Waals surface area (Å²) in [5.41, 5.74) is 4.52. The summed E-state index contributed by atoms with van der Waals surface area (Å²) < 4.78 is 36.5. The summed E-state index contributed by atoms with van der Waals surface area (Å²) in [4.78, 5) is 13.9. The fourth-order valence-electron chi connectivity index (χ4n) is 6.31. The molecule has 3 aromatic heterocycles.